The predicted molar refractivity (Wildman–Crippen MR) is 154 cm³/mol. The number of hydrogen-bond donors (Lipinski definition) is 4. The summed E-state index contributed by atoms with van der Waals surface area (Å²) in [6, 6.07) is 16.8. The molecule has 0 fully saturated rings. The Morgan fingerprint density at radius 2 is 1.50 bits per heavy atom. The van der Waals surface area contributed by atoms with E-state index in [4.69, 9.17) is 14.2 Å². The van der Waals surface area contributed by atoms with Crippen LogP contribution >= 0.6 is 0 Å². The molecule has 0 aromatic heterocycles. The third-order valence-corrected chi connectivity index (χ3v) is 6.25. The molecule has 3 aromatic rings. The summed E-state index contributed by atoms with van der Waals surface area (Å²) in [7, 11) is 4.57. The normalized spacial score (nSPS) is 11.0. The second-order valence-electron chi connectivity index (χ2n) is 9.04. The van der Waals surface area contributed by atoms with Crippen molar-refractivity contribution in [3.63, 3.8) is 0 Å². The molecule has 0 aliphatic heterocycles. The number of phenols is 2. The lowest BCUT2D eigenvalue weighted by atomic mass is 10.0. The Balaban J connectivity index is 1.58. The van der Waals surface area contributed by atoms with Gasteiger partial charge in [0.2, 0.25) is 11.7 Å². The summed E-state index contributed by atoms with van der Waals surface area (Å²) in [5.41, 5.74) is 2.37. The Morgan fingerprint density at radius 1 is 0.825 bits per heavy atom. The van der Waals surface area contributed by atoms with E-state index in [0.29, 0.717) is 65.3 Å². The summed E-state index contributed by atoms with van der Waals surface area (Å²) in [5, 5.41) is 25.3. The molecule has 0 bridgehead atoms. The number of amides is 2. The highest BCUT2D eigenvalue weighted by molar-refractivity contribution is 6.24. The van der Waals surface area contributed by atoms with Crippen LogP contribution in [0.25, 0.3) is 11.6 Å². The van der Waals surface area contributed by atoms with Crippen LogP contribution in [0.4, 0.5) is 0 Å². The van der Waals surface area contributed by atoms with Gasteiger partial charge in [-0.1, -0.05) is 36.8 Å². The van der Waals surface area contributed by atoms with Crippen molar-refractivity contribution in [2.75, 3.05) is 27.9 Å². The fourth-order valence-electron chi connectivity index (χ4n) is 4.10. The molecule has 0 aliphatic carbocycles. The summed E-state index contributed by atoms with van der Waals surface area (Å²) in [4.78, 5) is 25.4. The minimum atomic E-state index is -0.278. The molecule has 0 unspecified atom stereocenters. The van der Waals surface area contributed by atoms with Crippen molar-refractivity contribution in [3.8, 4) is 28.7 Å². The fourth-order valence-corrected chi connectivity index (χ4v) is 4.10. The molecule has 4 N–H and O–H groups in total. The molecule has 0 radical (unpaired) electrons. The van der Waals surface area contributed by atoms with Crippen molar-refractivity contribution in [1.29, 1.82) is 0 Å². The maximum absolute atomic E-state index is 13.2. The molecule has 0 spiro atoms. The van der Waals surface area contributed by atoms with E-state index in [1.54, 1.807) is 48.5 Å². The number of carbonyl (C=O) groups excluding carboxylic acids is 2. The first kappa shape index (κ1) is 29.9. The first-order valence-electron chi connectivity index (χ1n) is 13.0. The quantitative estimate of drug-likeness (QED) is 0.131. The van der Waals surface area contributed by atoms with Gasteiger partial charge in [0.15, 0.2) is 11.5 Å². The third kappa shape index (κ3) is 8.42. The Hall–Kier alpha value is -4.66. The van der Waals surface area contributed by atoms with Gasteiger partial charge < -0.3 is 35.1 Å². The molecule has 0 aliphatic rings. The first-order chi connectivity index (χ1) is 19.4. The van der Waals surface area contributed by atoms with E-state index in [2.05, 4.69) is 10.6 Å². The van der Waals surface area contributed by atoms with Crippen molar-refractivity contribution in [1.82, 2.24) is 10.6 Å². The second kappa shape index (κ2) is 15.1. The van der Waals surface area contributed by atoms with E-state index in [0.717, 1.165) is 6.42 Å². The third-order valence-electron chi connectivity index (χ3n) is 6.25. The molecule has 3 aromatic carbocycles. The Bertz CT molecular complexity index is 1290. The molecule has 0 saturated heterocycles. The van der Waals surface area contributed by atoms with Crippen LogP contribution < -0.4 is 24.8 Å². The monoisotopic (exact) mass is 548 g/mol. The number of benzene rings is 3. The maximum Gasteiger partial charge on any atom is 0.251 e. The number of nitrogens with one attached hydrogen (secondary N) is 2. The molecule has 0 heterocycles. The Morgan fingerprint density at radius 3 is 2.12 bits per heavy atom. The molecule has 212 valence electrons. The van der Waals surface area contributed by atoms with Gasteiger partial charge in [0.25, 0.3) is 5.91 Å². The Labute approximate surface area is 234 Å². The highest BCUT2D eigenvalue weighted by Crippen LogP contribution is 2.39. The zero-order valence-electron chi connectivity index (χ0n) is 23.0. The van der Waals surface area contributed by atoms with Crippen LogP contribution in [0, 0.1) is 0 Å². The standard InChI is InChI=1S/C31H36N2O7/c1-38-27-18-21(19-28(39-2)30(27)40-3)17-25(22-12-14-24(34)15-13-22)31(37)32-16-8-4-5-11-29(36)33-20-23-9-6-7-10-26(23)35/h6-7,9-10,12-15,17-19,34-35H,4-5,8,11,16,20H2,1-3H3,(H,32,37)(H,33,36)/b25-17-. The lowest BCUT2D eigenvalue weighted by molar-refractivity contribution is -0.121. The highest BCUT2D eigenvalue weighted by Gasteiger charge is 2.16. The summed E-state index contributed by atoms with van der Waals surface area (Å²) >= 11 is 0. The van der Waals surface area contributed by atoms with Crippen molar-refractivity contribution in [2.45, 2.75) is 32.2 Å². The maximum atomic E-state index is 13.2. The number of methoxy groups -OCH3 is 3. The van der Waals surface area contributed by atoms with Gasteiger partial charge in [-0.25, -0.2) is 0 Å². The molecular weight excluding hydrogens is 512 g/mol. The number of aromatic hydroxyl groups is 2. The van der Waals surface area contributed by atoms with Crippen molar-refractivity contribution in [3.05, 3.63) is 77.4 Å². The number of ether oxygens (including phenoxy) is 3. The van der Waals surface area contributed by atoms with E-state index < -0.39 is 0 Å². The van der Waals surface area contributed by atoms with E-state index in [1.807, 2.05) is 6.07 Å². The van der Waals surface area contributed by atoms with Gasteiger partial charge in [-0.2, -0.15) is 0 Å². The summed E-state index contributed by atoms with van der Waals surface area (Å²) in [5.74, 6) is 1.26. The van der Waals surface area contributed by atoms with Crippen LogP contribution in [-0.2, 0) is 16.1 Å². The number of unbranched alkanes of at least 4 members (excludes halogenated alkanes) is 2. The number of phenolic OH excluding ortho intramolecular Hbond substituents is 2. The van der Waals surface area contributed by atoms with Crippen LogP contribution in [0.3, 0.4) is 0 Å². The topological polar surface area (TPSA) is 126 Å². The van der Waals surface area contributed by atoms with Crippen LogP contribution in [0.15, 0.2) is 60.7 Å². The number of carbonyl (C=O) groups is 2. The predicted octanol–water partition coefficient (Wildman–Crippen LogP) is 4.66. The minimum Gasteiger partial charge on any atom is -0.508 e. The number of para-hydroxylation sites is 1. The highest BCUT2D eigenvalue weighted by atomic mass is 16.5. The average molecular weight is 549 g/mol. The Kier molecular flexibility index (Phi) is 11.3. The van der Waals surface area contributed by atoms with E-state index in [9.17, 15) is 19.8 Å². The second-order valence-corrected chi connectivity index (χ2v) is 9.04. The molecule has 0 saturated carbocycles. The van der Waals surface area contributed by atoms with Crippen LogP contribution in [0.2, 0.25) is 0 Å². The van der Waals surface area contributed by atoms with Gasteiger partial charge in [0.1, 0.15) is 11.5 Å². The van der Waals surface area contributed by atoms with Gasteiger partial charge in [-0.05, 0) is 60.4 Å². The number of rotatable bonds is 14. The summed E-state index contributed by atoms with van der Waals surface area (Å²) in [6.07, 6.45) is 4.22. The van der Waals surface area contributed by atoms with Gasteiger partial charge in [-0.3, -0.25) is 9.59 Å². The smallest absolute Gasteiger partial charge is 0.251 e. The first-order valence-corrected chi connectivity index (χ1v) is 13.0. The SMILES string of the molecule is COc1cc(/C=C(\C(=O)NCCCCCC(=O)NCc2ccccc2O)c2ccc(O)cc2)cc(OC)c1OC. The molecule has 9 nitrogen and oxygen atoms in total. The molecule has 2 amide bonds. The van der Waals surface area contributed by atoms with Gasteiger partial charge in [0.05, 0.1) is 21.3 Å². The number of hydrogen-bond acceptors (Lipinski definition) is 7. The van der Waals surface area contributed by atoms with Crippen molar-refractivity contribution < 1.29 is 34.0 Å². The lowest BCUT2D eigenvalue weighted by Crippen LogP contribution is -2.25. The molecule has 9 heteroatoms. The van der Waals surface area contributed by atoms with Gasteiger partial charge in [0, 0.05) is 30.6 Å². The lowest BCUT2D eigenvalue weighted by Gasteiger charge is -2.14. The van der Waals surface area contributed by atoms with E-state index in [1.165, 1.54) is 33.5 Å². The molecule has 40 heavy (non-hydrogen) atoms. The van der Waals surface area contributed by atoms with E-state index in [-0.39, 0.29) is 29.9 Å². The van der Waals surface area contributed by atoms with Crippen LogP contribution in [0.1, 0.15) is 42.4 Å². The summed E-state index contributed by atoms with van der Waals surface area (Å²) in [6.45, 7) is 0.711. The van der Waals surface area contributed by atoms with Crippen LogP contribution in [-0.4, -0.2) is 49.9 Å². The summed E-state index contributed by atoms with van der Waals surface area (Å²) < 4.78 is 16.3. The largest absolute Gasteiger partial charge is 0.508 e. The molecule has 3 rings (SSSR count). The van der Waals surface area contributed by atoms with Gasteiger partial charge in [-0.15, -0.1) is 0 Å². The minimum absolute atomic E-state index is 0.0878. The zero-order valence-corrected chi connectivity index (χ0v) is 23.0. The average Bonchev–Trinajstić information content (AvgIpc) is 2.97. The van der Waals surface area contributed by atoms with Crippen molar-refractivity contribution in [2.24, 2.45) is 0 Å². The van der Waals surface area contributed by atoms with Crippen LogP contribution in [0.5, 0.6) is 28.7 Å². The van der Waals surface area contributed by atoms with E-state index >= 15 is 0 Å². The zero-order chi connectivity index (χ0) is 28.9. The fraction of sp³-hybridized carbons (Fsp3) is 0.290. The molecule has 0 atom stereocenters. The van der Waals surface area contributed by atoms with Crippen molar-refractivity contribution >= 4 is 23.5 Å². The molecular formula is C31H36N2O7. The van der Waals surface area contributed by atoms with Gasteiger partial charge >= 0.3 is 0 Å².